The molecular weight excluding hydrogens is 1320 g/mol. The number of likely N-dealkylation sites (tertiary alicyclic amines) is 1. The van der Waals surface area contributed by atoms with Gasteiger partial charge in [0, 0.05) is 74.2 Å². The molecule has 1 unspecified atom stereocenters. The molecule has 6 N–H and O–H groups in total. The molecule has 2 bridgehead atoms. The number of aliphatic hydroxyl groups is 3. The summed E-state index contributed by atoms with van der Waals surface area (Å²) in [5.74, 6) is -4.16. The van der Waals surface area contributed by atoms with Gasteiger partial charge in [0.1, 0.15) is 48.0 Å². The first-order chi connectivity index (χ1) is 44.9. The number of aliphatic hydroxyl groups excluding tert-OH is 2. The Hall–Kier alpha value is -7.89. The Bertz CT molecular complexity index is 3840. The van der Waals surface area contributed by atoms with Crippen molar-refractivity contribution in [3.05, 3.63) is 106 Å². The summed E-state index contributed by atoms with van der Waals surface area (Å²) in [7, 11) is 1.38. The van der Waals surface area contributed by atoms with Crippen LogP contribution in [0.4, 0.5) is 15.4 Å². The van der Waals surface area contributed by atoms with Crippen molar-refractivity contribution in [2.45, 2.75) is 170 Å². The van der Waals surface area contributed by atoms with Gasteiger partial charge in [0.05, 0.1) is 29.6 Å². The Kier molecular flexibility index (Phi) is 19.2. The van der Waals surface area contributed by atoms with Crippen molar-refractivity contribution in [2.24, 2.45) is 22.7 Å². The molecule has 11 atom stereocenters. The number of rotatable bonds is 17. The number of ketones is 1. The van der Waals surface area contributed by atoms with Crippen LogP contribution in [0.5, 0.6) is 11.5 Å². The number of hydrogen-bond donors (Lipinski definition) is 5. The molecule has 2 saturated carbocycles. The first kappa shape index (κ1) is 68.5. The number of Topliss-reactive ketones (excluding diaryl/α,β-unsaturated/α-hetero) is 1. The van der Waals surface area contributed by atoms with Crippen LogP contribution in [0.1, 0.15) is 116 Å². The second-order valence-corrected chi connectivity index (χ2v) is 28.8. The average molecular weight is 1400 g/mol. The number of carbonyl (C=O) groups excluding carboxylic acids is 7. The van der Waals surface area contributed by atoms with Crippen LogP contribution in [0.3, 0.4) is 0 Å². The molecule has 3 aromatic carbocycles. The minimum absolute atomic E-state index is 0.0342. The summed E-state index contributed by atoms with van der Waals surface area (Å²) < 4.78 is 50.8. The van der Waals surface area contributed by atoms with E-state index in [2.05, 4.69) is 31.2 Å². The van der Waals surface area contributed by atoms with Crippen LogP contribution in [0.2, 0.25) is 0 Å². The second-order valence-electron chi connectivity index (χ2n) is 26.9. The lowest BCUT2D eigenvalue weighted by Gasteiger charge is -2.67. The molecule has 3 aliphatic carbocycles. The number of benzene rings is 3. The summed E-state index contributed by atoms with van der Waals surface area (Å²) in [6, 6.07) is 18.1. The van der Waals surface area contributed by atoms with E-state index in [-0.39, 0.29) is 72.7 Å². The molecule has 5 heterocycles. The highest BCUT2D eigenvalue weighted by atomic mass is 79.9. The molecule has 0 spiro atoms. The Balaban J connectivity index is 0.836. The van der Waals surface area contributed by atoms with Gasteiger partial charge >= 0.3 is 30.1 Å². The number of fused-ring (bicyclic) bond motifs is 7. The smallest absolute Gasteiger partial charge is 0.410 e. The maximum atomic E-state index is 15.5. The largest absolute Gasteiger partial charge is 0.455 e. The number of aromatic nitrogens is 4. The first-order valence-corrected chi connectivity index (χ1v) is 33.2. The highest BCUT2D eigenvalue weighted by Gasteiger charge is 2.78. The third kappa shape index (κ3) is 13.0. The average Bonchev–Trinajstić information content (AvgIpc) is 0.825. The van der Waals surface area contributed by atoms with Crippen molar-refractivity contribution in [3.8, 4) is 11.5 Å². The number of amides is 3. The molecule has 2 saturated heterocycles. The minimum atomic E-state index is -2.49. The number of esters is 3. The minimum Gasteiger partial charge on any atom is -0.455 e. The Morgan fingerprint density at radius 1 is 0.958 bits per heavy atom. The zero-order valence-electron chi connectivity index (χ0n) is 54.2. The van der Waals surface area contributed by atoms with Crippen LogP contribution < -0.4 is 20.5 Å². The van der Waals surface area contributed by atoms with Gasteiger partial charge in [-0.2, -0.15) is 0 Å². The van der Waals surface area contributed by atoms with E-state index >= 15 is 9.59 Å². The fraction of sp³-hybridized carbons (Fsp3) is 0.522. The van der Waals surface area contributed by atoms with E-state index < -0.39 is 119 Å². The van der Waals surface area contributed by atoms with E-state index in [0.717, 1.165) is 27.6 Å². The van der Waals surface area contributed by atoms with Crippen molar-refractivity contribution >= 4 is 86.5 Å². The fourth-order valence-electron chi connectivity index (χ4n) is 14.4. The molecule has 2 aromatic heterocycles. The molecule has 3 amide bonds. The van der Waals surface area contributed by atoms with Gasteiger partial charge in [0.2, 0.25) is 18.8 Å². The Labute approximate surface area is 561 Å². The predicted octanol–water partition coefficient (Wildman–Crippen LogP) is 7.42. The van der Waals surface area contributed by atoms with Crippen LogP contribution in [0, 0.1) is 22.7 Å². The summed E-state index contributed by atoms with van der Waals surface area (Å²) in [5.41, 5.74) is -1.64. The summed E-state index contributed by atoms with van der Waals surface area (Å²) in [4.78, 5) is 118. The van der Waals surface area contributed by atoms with Gasteiger partial charge in [0.25, 0.3) is 0 Å². The molecule has 28 heteroatoms. The summed E-state index contributed by atoms with van der Waals surface area (Å²) in [5, 5.41) is 42.1. The molecule has 4 fully saturated rings. The number of halogens is 1. The highest BCUT2D eigenvalue weighted by Crippen LogP contribution is 2.64. The topological polar surface area (TPSA) is 342 Å². The van der Waals surface area contributed by atoms with Gasteiger partial charge in [-0.25, -0.2) is 34.1 Å². The third-order valence-electron chi connectivity index (χ3n) is 19.6. The van der Waals surface area contributed by atoms with E-state index in [9.17, 15) is 39.3 Å². The van der Waals surface area contributed by atoms with Crippen LogP contribution in [0.25, 0.3) is 11.2 Å². The quantitative estimate of drug-likeness (QED) is 0.0343. The van der Waals surface area contributed by atoms with E-state index in [1.54, 1.807) is 74.2 Å². The van der Waals surface area contributed by atoms with E-state index in [0.29, 0.717) is 60.3 Å². The normalized spacial score (nSPS) is 26.7. The number of aryl methyl sites for hydroxylation is 1. The number of nitrogens with zero attached hydrogens (tertiary/aromatic N) is 6. The first-order valence-electron chi connectivity index (χ1n) is 31.5. The Morgan fingerprint density at radius 3 is 2.28 bits per heavy atom. The molecule has 0 radical (unpaired) electrons. The van der Waals surface area contributed by atoms with Crippen molar-refractivity contribution in [2.75, 3.05) is 45.8 Å². The van der Waals surface area contributed by atoms with Gasteiger partial charge in [0.15, 0.2) is 45.0 Å². The van der Waals surface area contributed by atoms with Gasteiger partial charge in [-0.05, 0) is 117 Å². The van der Waals surface area contributed by atoms with Crippen LogP contribution in [-0.4, -0.2) is 180 Å². The summed E-state index contributed by atoms with van der Waals surface area (Å²) in [6.07, 6.45) is -10.0. The molecule has 508 valence electrons. The fourth-order valence-corrected chi connectivity index (χ4v) is 16.0. The summed E-state index contributed by atoms with van der Waals surface area (Å²) >= 11 is 5.08. The second kappa shape index (κ2) is 26.6. The number of nitrogens with one attached hydrogen (secondary N) is 1. The number of alkyl carbamates (subject to hydrolysis) is 1. The van der Waals surface area contributed by atoms with E-state index in [1.165, 1.54) is 65.0 Å². The zero-order chi connectivity index (χ0) is 68.3. The third-order valence-corrected chi connectivity index (χ3v) is 21.6. The van der Waals surface area contributed by atoms with Gasteiger partial charge in [-0.1, -0.05) is 74.1 Å². The number of nitrogens with two attached hydrogens (primary N) is 1. The lowest BCUT2D eigenvalue weighted by Crippen LogP contribution is -2.81. The predicted molar refractivity (Wildman–Crippen MR) is 343 cm³/mol. The van der Waals surface area contributed by atoms with Gasteiger partial charge < -0.3 is 78.6 Å². The highest BCUT2D eigenvalue weighted by molar-refractivity contribution is 9.10. The Morgan fingerprint density at radius 2 is 1.63 bits per heavy atom. The van der Waals surface area contributed by atoms with E-state index in [1.807, 2.05) is 16.7 Å². The standard InChI is InChI=1S/C67H79BrN8O18S/c1-35-43(31-67(86)55(92-58(82)39-18-14-11-15-19-39)53-65(8,54(81)51(80)48(35)64(67,6)7)45(78)30-46-66(53,32-87-46)93-36(2)77)90-59(83)52(49(38-16-12-10-13-17-38)73-61(84)94-63(3,4)5)91-62(85)74(9)24-23-47(79)75-25-20-37(21-26-75)22-27-76-57-50(56(69)70-33-71-57)72-60(76)95-44-29-42-41(28-40(44)68)88-34-89-42/h10-19,28-29,33,37,43,45-46,49,51-53,55,78,80,86H,20-27,30-32,34H2,1-9H3,(H,73,84)(H2,69,70,71)/t43-,45-,46+,49-,51+,52+,53?,55-,65+,66-,67+/m0/s1. The molecule has 6 aliphatic rings. The van der Waals surface area contributed by atoms with Gasteiger partial charge in [-0.3, -0.25) is 14.4 Å². The van der Waals surface area contributed by atoms with Crippen molar-refractivity contribution in [1.82, 2.24) is 34.6 Å². The monoisotopic (exact) mass is 1390 g/mol. The number of piperidine rings is 1. The molecule has 5 aromatic rings. The molecule has 26 nitrogen and oxygen atoms in total. The molecule has 95 heavy (non-hydrogen) atoms. The number of hydrogen-bond acceptors (Lipinski definition) is 23. The number of ether oxygens (including phenoxy) is 8. The number of nitrogen functional groups attached to an aromatic ring is 1. The number of imidazole rings is 1. The van der Waals surface area contributed by atoms with Gasteiger partial charge in [-0.15, -0.1) is 0 Å². The molecule has 3 aliphatic heterocycles. The summed E-state index contributed by atoms with van der Waals surface area (Å²) in [6.45, 7) is 13.0. The van der Waals surface area contributed by atoms with E-state index in [4.69, 9.17) is 48.6 Å². The zero-order valence-corrected chi connectivity index (χ0v) is 56.6. The lowest BCUT2D eigenvalue weighted by molar-refractivity contribution is -0.346. The van der Waals surface area contributed by atoms with Crippen molar-refractivity contribution in [3.63, 3.8) is 0 Å². The van der Waals surface area contributed by atoms with Crippen LogP contribution >= 0.6 is 27.7 Å². The van der Waals surface area contributed by atoms with Crippen LogP contribution in [-0.2, 0) is 54.1 Å². The van der Waals surface area contributed by atoms with Crippen molar-refractivity contribution < 1.29 is 86.8 Å². The number of anilines is 1. The lowest BCUT2D eigenvalue weighted by atomic mass is 9.44. The van der Waals surface area contributed by atoms with Crippen LogP contribution in [0.15, 0.2) is 105 Å². The SMILES string of the molecule is CC(=O)O[C@@]12CO[C@@H]1C[C@H](O)[C@@]1(C)C(=O)[C@H](O)C3=C(C)[C@@H](OC(=O)[C@H](OC(=O)N(C)CCC(=O)N4CCC(CCn5c(Sc6cc7c(cc6Br)OCO7)nc6c(N)ncnc65)CC4)[C@@H](NC(=O)OC(C)(C)C)c4ccccc4)C[C@@](O)([C@@H](OC(=O)c4ccccc4)C12)C3(C)C. The molecular formula is C67H79BrN8O18S. The molecule has 11 rings (SSSR count). The maximum absolute atomic E-state index is 15.5. The number of carbonyl (C=O) groups is 7. The maximum Gasteiger partial charge on any atom is 0.410 e. The van der Waals surface area contributed by atoms with Crippen molar-refractivity contribution in [1.29, 1.82) is 0 Å².